The minimum atomic E-state index is -0.918. The Bertz CT molecular complexity index is 960. The van der Waals surface area contributed by atoms with Crippen molar-refractivity contribution in [2.45, 2.75) is 38.8 Å². The van der Waals surface area contributed by atoms with Gasteiger partial charge < -0.3 is 19.5 Å². The van der Waals surface area contributed by atoms with Crippen LogP contribution in [0.3, 0.4) is 0 Å². The van der Waals surface area contributed by atoms with Gasteiger partial charge in [-0.25, -0.2) is 14.3 Å². The summed E-state index contributed by atoms with van der Waals surface area (Å²) in [6.45, 7) is 5.20. The van der Waals surface area contributed by atoms with Crippen LogP contribution in [-0.2, 0) is 27.7 Å². The minimum Gasteiger partial charge on any atom is -0.494 e. The number of ether oxygens (including phenoxy) is 3. The van der Waals surface area contributed by atoms with Gasteiger partial charge in [0.25, 0.3) is 5.56 Å². The molecule has 0 bridgehead atoms. The second-order valence-corrected chi connectivity index (χ2v) is 7.64. The van der Waals surface area contributed by atoms with E-state index in [0.29, 0.717) is 16.9 Å². The summed E-state index contributed by atoms with van der Waals surface area (Å²) in [5.41, 5.74) is 0.810. The van der Waals surface area contributed by atoms with Gasteiger partial charge in [0.05, 0.1) is 26.0 Å². The van der Waals surface area contributed by atoms with E-state index in [9.17, 15) is 14.4 Å². The maximum absolute atomic E-state index is 12.5. The molecule has 0 spiro atoms. The third-order valence-electron chi connectivity index (χ3n) is 4.18. The molecule has 30 heavy (non-hydrogen) atoms. The quantitative estimate of drug-likeness (QED) is 0.717. The van der Waals surface area contributed by atoms with Crippen LogP contribution in [0, 0.1) is 0 Å². The zero-order valence-electron chi connectivity index (χ0n) is 18.0. The van der Waals surface area contributed by atoms with E-state index in [1.54, 1.807) is 52.1 Å². The van der Waals surface area contributed by atoms with Gasteiger partial charge in [-0.3, -0.25) is 4.79 Å². The number of hydrogen-bond acceptors (Lipinski definition) is 7. The Hall–Kier alpha value is -3.36. The summed E-state index contributed by atoms with van der Waals surface area (Å²) in [5.74, 6) is -0.223. The van der Waals surface area contributed by atoms with Crippen molar-refractivity contribution in [3.8, 4) is 16.9 Å². The fourth-order valence-corrected chi connectivity index (χ4v) is 2.77. The van der Waals surface area contributed by atoms with Crippen LogP contribution in [0.4, 0.5) is 4.79 Å². The number of carbonyl (C=O) groups is 2. The highest BCUT2D eigenvalue weighted by atomic mass is 16.6. The first-order valence-electron chi connectivity index (χ1n) is 9.32. The van der Waals surface area contributed by atoms with E-state index >= 15 is 0 Å². The summed E-state index contributed by atoms with van der Waals surface area (Å²) in [6.07, 6.45) is 0.958. The lowest BCUT2D eigenvalue weighted by atomic mass is 10.0. The number of hydrogen-bond donors (Lipinski definition) is 1. The molecule has 0 aliphatic rings. The Morgan fingerprint density at radius 1 is 1.17 bits per heavy atom. The minimum absolute atomic E-state index is 0.192. The summed E-state index contributed by atoms with van der Waals surface area (Å²) in [5, 5.41) is 6.49. The number of amides is 1. The molecule has 0 aliphatic carbocycles. The average molecular weight is 417 g/mol. The van der Waals surface area contributed by atoms with Gasteiger partial charge in [0.2, 0.25) is 0 Å². The fraction of sp³-hybridized carbons (Fsp3) is 0.429. The highest BCUT2D eigenvalue weighted by Gasteiger charge is 2.25. The predicted molar refractivity (Wildman–Crippen MR) is 110 cm³/mol. The smallest absolute Gasteiger partial charge is 0.408 e. The summed E-state index contributed by atoms with van der Waals surface area (Å²) < 4.78 is 16.5. The second-order valence-electron chi connectivity index (χ2n) is 7.64. The van der Waals surface area contributed by atoms with Gasteiger partial charge >= 0.3 is 12.1 Å². The lowest BCUT2D eigenvalue weighted by molar-refractivity contribution is -0.143. The number of methoxy groups -OCH3 is 2. The van der Waals surface area contributed by atoms with E-state index < -0.39 is 23.7 Å². The summed E-state index contributed by atoms with van der Waals surface area (Å²) in [6, 6.07) is 6.11. The molecule has 9 nitrogen and oxygen atoms in total. The average Bonchev–Trinajstić information content (AvgIpc) is 2.68. The van der Waals surface area contributed by atoms with Crippen molar-refractivity contribution in [3.05, 3.63) is 46.4 Å². The van der Waals surface area contributed by atoms with Crippen molar-refractivity contribution < 1.29 is 23.8 Å². The number of benzene rings is 1. The molecule has 1 N–H and O–H groups in total. The molecular formula is C21H27N3O6. The highest BCUT2D eigenvalue weighted by molar-refractivity contribution is 5.81. The maximum Gasteiger partial charge on any atom is 0.408 e. The van der Waals surface area contributed by atoms with Crippen LogP contribution in [0.2, 0.25) is 0 Å². The number of aromatic nitrogens is 2. The molecule has 1 amide bonds. The molecule has 1 heterocycles. The molecule has 162 valence electrons. The molecule has 0 fully saturated rings. The Morgan fingerprint density at radius 2 is 1.80 bits per heavy atom. The summed E-state index contributed by atoms with van der Waals surface area (Å²) in [4.78, 5) is 36.6. The third-order valence-corrected chi connectivity index (χ3v) is 4.18. The number of esters is 1. The molecule has 0 saturated heterocycles. The van der Waals surface area contributed by atoms with Gasteiger partial charge in [0.15, 0.2) is 5.75 Å². The largest absolute Gasteiger partial charge is 0.494 e. The van der Waals surface area contributed by atoms with E-state index in [1.807, 2.05) is 0 Å². The van der Waals surface area contributed by atoms with E-state index in [-0.39, 0.29) is 12.0 Å². The van der Waals surface area contributed by atoms with Crippen LogP contribution in [-0.4, -0.2) is 47.7 Å². The molecule has 9 heteroatoms. The Morgan fingerprint density at radius 3 is 2.33 bits per heavy atom. The van der Waals surface area contributed by atoms with Crippen molar-refractivity contribution in [1.82, 2.24) is 15.1 Å². The topological polar surface area (TPSA) is 109 Å². The van der Waals surface area contributed by atoms with Gasteiger partial charge in [-0.05, 0) is 31.9 Å². The van der Waals surface area contributed by atoms with E-state index in [0.717, 1.165) is 5.56 Å². The number of rotatable bonds is 6. The summed E-state index contributed by atoms with van der Waals surface area (Å²) >= 11 is 0. The first-order chi connectivity index (χ1) is 14.1. The molecule has 2 rings (SSSR count). The van der Waals surface area contributed by atoms with Crippen LogP contribution < -0.4 is 15.6 Å². The van der Waals surface area contributed by atoms with E-state index in [1.165, 1.54) is 25.1 Å². The van der Waals surface area contributed by atoms with Gasteiger partial charge in [-0.2, -0.15) is 5.10 Å². The van der Waals surface area contributed by atoms with Crippen LogP contribution in [0.1, 0.15) is 26.3 Å². The van der Waals surface area contributed by atoms with Crippen molar-refractivity contribution in [3.63, 3.8) is 0 Å². The van der Waals surface area contributed by atoms with Crippen LogP contribution in [0.15, 0.2) is 35.3 Å². The molecule has 1 aromatic heterocycles. The van der Waals surface area contributed by atoms with Crippen molar-refractivity contribution in [2.75, 3.05) is 14.2 Å². The first-order valence-corrected chi connectivity index (χ1v) is 9.32. The monoisotopic (exact) mass is 417 g/mol. The Balaban J connectivity index is 2.24. The van der Waals surface area contributed by atoms with Crippen LogP contribution >= 0.6 is 0 Å². The lowest BCUT2D eigenvalue weighted by Crippen LogP contribution is -2.45. The number of carbonyl (C=O) groups excluding carboxylic acids is 2. The number of alkyl carbamates (subject to hydrolysis) is 1. The first kappa shape index (κ1) is 22.9. The summed E-state index contributed by atoms with van der Waals surface area (Å²) in [7, 11) is 4.28. The Labute approximate surface area is 174 Å². The predicted octanol–water partition coefficient (Wildman–Crippen LogP) is 2.06. The van der Waals surface area contributed by atoms with Crippen LogP contribution in [0.5, 0.6) is 5.75 Å². The van der Waals surface area contributed by atoms with Gasteiger partial charge in [0, 0.05) is 13.5 Å². The maximum atomic E-state index is 12.5. The van der Waals surface area contributed by atoms with Crippen molar-refractivity contribution in [1.29, 1.82) is 0 Å². The number of nitrogens with one attached hydrogen (secondary N) is 1. The van der Waals surface area contributed by atoms with Crippen molar-refractivity contribution in [2.24, 2.45) is 7.05 Å². The van der Waals surface area contributed by atoms with Crippen LogP contribution in [0.25, 0.3) is 11.1 Å². The van der Waals surface area contributed by atoms with Crippen molar-refractivity contribution >= 4 is 12.1 Å². The molecule has 2 aromatic rings. The fourth-order valence-electron chi connectivity index (χ4n) is 2.77. The third kappa shape index (κ3) is 5.82. The zero-order valence-corrected chi connectivity index (χ0v) is 18.0. The molecule has 0 unspecified atom stereocenters. The molecule has 0 saturated carbocycles. The normalized spacial score (nSPS) is 12.1. The second kappa shape index (κ2) is 9.43. The van der Waals surface area contributed by atoms with E-state index in [4.69, 9.17) is 14.2 Å². The van der Waals surface area contributed by atoms with Gasteiger partial charge in [-0.1, -0.05) is 24.3 Å². The highest BCUT2D eigenvalue weighted by Crippen LogP contribution is 2.25. The molecule has 1 aromatic carbocycles. The van der Waals surface area contributed by atoms with Gasteiger partial charge in [-0.15, -0.1) is 0 Å². The standard InChI is InChI=1S/C21H27N3O6/c1-21(2,3)30-20(27)23-15(19(26)29-6)11-13-7-9-14(10-8-13)17-16(28-5)12-22-24(4)18(17)25/h7-10,12,15H,11H2,1-6H3,(H,23,27)/t15-/m0/s1. The number of aryl methyl sites for hydroxylation is 1. The number of nitrogens with zero attached hydrogens (tertiary/aromatic N) is 2. The van der Waals surface area contributed by atoms with Gasteiger partial charge in [0.1, 0.15) is 11.6 Å². The molecular weight excluding hydrogens is 390 g/mol. The van der Waals surface area contributed by atoms with E-state index in [2.05, 4.69) is 10.4 Å². The SMILES string of the molecule is COC(=O)[C@H](Cc1ccc(-c2c(OC)cnn(C)c2=O)cc1)NC(=O)OC(C)(C)C. The zero-order chi connectivity index (χ0) is 22.5. The molecule has 1 atom stereocenters. The Kier molecular flexibility index (Phi) is 7.20. The molecule has 0 aliphatic heterocycles. The lowest BCUT2D eigenvalue weighted by Gasteiger charge is -2.22. The molecule has 0 radical (unpaired) electrons.